The van der Waals surface area contributed by atoms with Gasteiger partial charge in [-0.15, -0.1) is 0 Å². The molecule has 16 heavy (non-hydrogen) atoms. The van der Waals surface area contributed by atoms with Gasteiger partial charge in [0.1, 0.15) is 0 Å². The minimum absolute atomic E-state index is 0.0569. The number of aliphatic hydroxyl groups is 1. The summed E-state index contributed by atoms with van der Waals surface area (Å²) in [7, 11) is 3.83. The van der Waals surface area contributed by atoms with Crippen molar-refractivity contribution in [3.8, 4) is 0 Å². The van der Waals surface area contributed by atoms with Gasteiger partial charge in [0.15, 0.2) is 0 Å². The summed E-state index contributed by atoms with van der Waals surface area (Å²) in [5.41, 5.74) is 0. The smallest absolute Gasteiger partial charge is 0.237 e. The highest BCUT2D eigenvalue weighted by Gasteiger charge is 2.26. The number of nitrogens with zero attached hydrogens (tertiary/aromatic N) is 1. The molecule has 4 nitrogen and oxygen atoms in total. The molecule has 3 unspecified atom stereocenters. The van der Waals surface area contributed by atoms with E-state index in [-0.39, 0.29) is 24.0 Å². The Morgan fingerprint density at radius 2 is 2.19 bits per heavy atom. The zero-order valence-corrected chi connectivity index (χ0v) is 10.6. The van der Waals surface area contributed by atoms with Gasteiger partial charge in [0, 0.05) is 12.5 Å². The maximum absolute atomic E-state index is 11.8. The van der Waals surface area contributed by atoms with E-state index in [4.69, 9.17) is 0 Å². The summed E-state index contributed by atoms with van der Waals surface area (Å²) in [6, 6.07) is -0.0569. The quantitative estimate of drug-likeness (QED) is 0.724. The summed E-state index contributed by atoms with van der Waals surface area (Å²) in [6.07, 6.45) is 3.57. The lowest BCUT2D eigenvalue weighted by Crippen LogP contribution is -2.45. The van der Waals surface area contributed by atoms with Gasteiger partial charge >= 0.3 is 0 Å². The fourth-order valence-corrected chi connectivity index (χ4v) is 2.39. The van der Waals surface area contributed by atoms with E-state index in [0.717, 1.165) is 25.7 Å². The van der Waals surface area contributed by atoms with Gasteiger partial charge in [0.2, 0.25) is 5.91 Å². The van der Waals surface area contributed by atoms with E-state index in [1.807, 2.05) is 25.9 Å². The van der Waals surface area contributed by atoms with Gasteiger partial charge in [-0.2, -0.15) is 0 Å². The van der Waals surface area contributed by atoms with Crippen molar-refractivity contribution in [1.29, 1.82) is 0 Å². The molecule has 1 aliphatic rings. The number of likely N-dealkylation sites (N-methyl/N-ethyl adjacent to an activating group) is 1. The highest BCUT2D eigenvalue weighted by molar-refractivity contribution is 5.81. The van der Waals surface area contributed by atoms with Crippen LogP contribution in [0.2, 0.25) is 0 Å². The van der Waals surface area contributed by atoms with E-state index >= 15 is 0 Å². The lowest BCUT2D eigenvalue weighted by atomic mass is 10.1. The summed E-state index contributed by atoms with van der Waals surface area (Å²) < 4.78 is 0. The van der Waals surface area contributed by atoms with Crippen molar-refractivity contribution in [3.63, 3.8) is 0 Å². The number of nitrogens with one attached hydrogen (secondary N) is 1. The number of carbonyl (C=O) groups is 1. The number of carbonyl (C=O) groups excluding carboxylic acids is 1. The molecule has 2 N–H and O–H groups in total. The van der Waals surface area contributed by atoms with Gasteiger partial charge in [-0.05, 0) is 33.4 Å². The molecule has 3 atom stereocenters. The molecule has 0 aromatic carbocycles. The van der Waals surface area contributed by atoms with E-state index < -0.39 is 0 Å². The molecule has 1 fully saturated rings. The molecule has 0 aliphatic heterocycles. The van der Waals surface area contributed by atoms with Crippen LogP contribution in [0.4, 0.5) is 0 Å². The maximum atomic E-state index is 11.8. The first-order valence-electron chi connectivity index (χ1n) is 6.18. The third-order valence-electron chi connectivity index (χ3n) is 3.47. The van der Waals surface area contributed by atoms with Crippen LogP contribution in [-0.2, 0) is 4.79 Å². The average molecular weight is 228 g/mol. The molecule has 4 heteroatoms. The molecule has 0 saturated heterocycles. The summed E-state index contributed by atoms with van der Waals surface area (Å²) >= 11 is 0. The third-order valence-corrected chi connectivity index (χ3v) is 3.47. The molecule has 1 rings (SSSR count). The maximum Gasteiger partial charge on any atom is 0.237 e. The molecule has 0 aromatic heterocycles. The zero-order chi connectivity index (χ0) is 12.1. The van der Waals surface area contributed by atoms with Crippen LogP contribution in [0.25, 0.3) is 0 Å². The van der Waals surface area contributed by atoms with Crippen LogP contribution in [0.15, 0.2) is 0 Å². The number of amides is 1. The van der Waals surface area contributed by atoms with Gasteiger partial charge in [0.25, 0.3) is 0 Å². The predicted octanol–water partition coefficient (Wildman–Crippen LogP) is 0.604. The van der Waals surface area contributed by atoms with E-state index in [2.05, 4.69) is 5.32 Å². The summed E-state index contributed by atoms with van der Waals surface area (Å²) in [4.78, 5) is 13.8. The fraction of sp³-hybridized carbons (Fsp3) is 0.917. The number of hydrogen-bond acceptors (Lipinski definition) is 3. The minimum atomic E-state index is -0.222. The van der Waals surface area contributed by atoms with Gasteiger partial charge in [-0.3, -0.25) is 9.69 Å². The van der Waals surface area contributed by atoms with Crippen molar-refractivity contribution in [3.05, 3.63) is 0 Å². The van der Waals surface area contributed by atoms with Gasteiger partial charge < -0.3 is 10.4 Å². The Hall–Kier alpha value is -0.610. The van der Waals surface area contributed by atoms with Crippen LogP contribution in [-0.4, -0.2) is 48.7 Å². The normalized spacial score (nSPS) is 27.1. The lowest BCUT2D eigenvalue weighted by molar-refractivity contribution is -0.125. The first kappa shape index (κ1) is 13.5. The third kappa shape index (κ3) is 3.46. The Balaban J connectivity index is 2.33. The summed E-state index contributed by atoms with van der Waals surface area (Å²) in [6.45, 7) is 2.62. The topological polar surface area (TPSA) is 52.6 Å². The Kier molecular flexibility index (Phi) is 5.22. The van der Waals surface area contributed by atoms with Crippen molar-refractivity contribution in [2.24, 2.45) is 5.92 Å². The Morgan fingerprint density at radius 1 is 1.50 bits per heavy atom. The molecule has 0 heterocycles. The highest BCUT2D eigenvalue weighted by Crippen LogP contribution is 2.24. The van der Waals surface area contributed by atoms with Crippen molar-refractivity contribution in [2.75, 3.05) is 20.6 Å². The predicted molar refractivity (Wildman–Crippen MR) is 64.1 cm³/mol. The largest absolute Gasteiger partial charge is 0.393 e. The molecular formula is C12H24N2O2. The van der Waals surface area contributed by atoms with E-state index in [1.54, 1.807) is 0 Å². The average Bonchev–Trinajstić information content (AvgIpc) is 2.61. The van der Waals surface area contributed by atoms with Crippen LogP contribution in [0.5, 0.6) is 0 Å². The number of aliphatic hydroxyl groups excluding tert-OH is 1. The Bertz CT molecular complexity index is 231. The second-order valence-electron chi connectivity index (χ2n) is 4.89. The molecule has 0 radical (unpaired) electrons. The standard InChI is InChI=1S/C12H24N2O2/c1-4-10(14(2)3)12(16)13-8-9-6-5-7-11(9)15/h9-11,15H,4-8H2,1-3H3,(H,13,16). The Morgan fingerprint density at radius 3 is 2.62 bits per heavy atom. The molecule has 1 saturated carbocycles. The van der Waals surface area contributed by atoms with E-state index in [0.29, 0.717) is 6.54 Å². The second kappa shape index (κ2) is 6.21. The first-order chi connectivity index (χ1) is 7.56. The number of rotatable bonds is 5. The highest BCUT2D eigenvalue weighted by atomic mass is 16.3. The SMILES string of the molecule is CCC(C(=O)NCC1CCCC1O)N(C)C. The first-order valence-corrected chi connectivity index (χ1v) is 6.18. The van der Waals surface area contributed by atoms with Crippen molar-refractivity contribution < 1.29 is 9.90 Å². The van der Waals surface area contributed by atoms with E-state index in [1.165, 1.54) is 0 Å². The van der Waals surface area contributed by atoms with Crippen LogP contribution < -0.4 is 5.32 Å². The lowest BCUT2D eigenvalue weighted by Gasteiger charge is -2.23. The van der Waals surface area contributed by atoms with Crippen molar-refractivity contribution in [2.45, 2.75) is 44.8 Å². The summed E-state index contributed by atoms with van der Waals surface area (Å²) in [5, 5.41) is 12.6. The van der Waals surface area contributed by atoms with Crippen LogP contribution in [0.3, 0.4) is 0 Å². The van der Waals surface area contributed by atoms with Crippen LogP contribution in [0.1, 0.15) is 32.6 Å². The molecular weight excluding hydrogens is 204 g/mol. The van der Waals surface area contributed by atoms with Crippen LogP contribution in [0, 0.1) is 5.92 Å². The monoisotopic (exact) mass is 228 g/mol. The molecule has 0 bridgehead atoms. The van der Waals surface area contributed by atoms with Crippen molar-refractivity contribution >= 4 is 5.91 Å². The summed E-state index contributed by atoms with van der Waals surface area (Å²) in [5.74, 6) is 0.329. The molecule has 0 spiro atoms. The fourth-order valence-electron chi connectivity index (χ4n) is 2.39. The Labute approximate surface area is 98.0 Å². The molecule has 1 aliphatic carbocycles. The molecule has 0 aromatic rings. The van der Waals surface area contributed by atoms with Gasteiger partial charge in [0.05, 0.1) is 12.1 Å². The molecule has 94 valence electrons. The zero-order valence-electron chi connectivity index (χ0n) is 10.6. The van der Waals surface area contributed by atoms with Gasteiger partial charge in [-0.25, -0.2) is 0 Å². The number of hydrogen-bond donors (Lipinski definition) is 2. The second-order valence-corrected chi connectivity index (χ2v) is 4.89. The van der Waals surface area contributed by atoms with Gasteiger partial charge in [-0.1, -0.05) is 13.3 Å². The molecule has 1 amide bonds. The van der Waals surface area contributed by atoms with Crippen LogP contribution >= 0.6 is 0 Å². The van der Waals surface area contributed by atoms with Crippen molar-refractivity contribution in [1.82, 2.24) is 10.2 Å². The van der Waals surface area contributed by atoms with E-state index in [9.17, 15) is 9.90 Å². The minimum Gasteiger partial charge on any atom is -0.393 e.